The van der Waals surface area contributed by atoms with Crippen molar-refractivity contribution < 1.29 is 0 Å². The van der Waals surface area contributed by atoms with Gasteiger partial charge in [-0.15, -0.1) is 0 Å². The highest BCUT2D eigenvalue weighted by molar-refractivity contribution is 5.93. The molecule has 6 rings (SSSR count). The summed E-state index contributed by atoms with van der Waals surface area (Å²) < 4.78 is 0. The predicted molar refractivity (Wildman–Crippen MR) is 153 cm³/mol. The van der Waals surface area contributed by atoms with Crippen molar-refractivity contribution in [2.24, 2.45) is 0 Å². The molecule has 0 radical (unpaired) electrons. The van der Waals surface area contributed by atoms with E-state index in [0.717, 1.165) is 13.1 Å². The van der Waals surface area contributed by atoms with E-state index in [1.807, 2.05) is 0 Å². The third-order valence-corrected chi connectivity index (χ3v) is 6.93. The van der Waals surface area contributed by atoms with Crippen molar-refractivity contribution in [1.82, 2.24) is 4.90 Å². The van der Waals surface area contributed by atoms with E-state index in [1.54, 1.807) is 5.56 Å². The van der Waals surface area contributed by atoms with Gasteiger partial charge in [0.2, 0.25) is 0 Å². The highest BCUT2D eigenvalue weighted by Crippen LogP contribution is 2.25. The lowest BCUT2D eigenvalue weighted by Crippen LogP contribution is -2.29. The lowest BCUT2D eigenvalue weighted by Gasteiger charge is -2.27. The standard InChI is InChI=1S/C12H13N.C11H15N.C9H11N/c1-2-13-12-9-5-7-10-6-3-4-8-11(10)12;1-2-12-8-7-10-5-3-4-6-11(10)9-12;1-10-7-6-8-4-2-3-5-9(8)10/h3-9,13H,2H2,1H3;3-6H,2,7-9H2,1H3;2-5H,6-7H2,1H3. The van der Waals surface area contributed by atoms with Gasteiger partial charge in [-0.1, -0.05) is 85.8 Å². The average Bonchev–Trinajstić information content (AvgIpc) is 3.30. The maximum absolute atomic E-state index is 3.35. The minimum absolute atomic E-state index is 0.966. The molecule has 1 N–H and O–H groups in total. The Labute approximate surface area is 211 Å². The molecule has 3 heteroatoms. The molecule has 4 aromatic carbocycles. The molecule has 35 heavy (non-hydrogen) atoms. The van der Waals surface area contributed by atoms with E-state index >= 15 is 0 Å². The molecular weight excluding hydrogens is 426 g/mol. The van der Waals surface area contributed by atoms with Gasteiger partial charge >= 0.3 is 0 Å². The number of benzene rings is 4. The zero-order valence-corrected chi connectivity index (χ0v) is 21.5. The maximum atomic E-state index is 3.35. The Bertz CT molecular complexity index is 1210. The molecule has 0 atom stereocenters. The number of rotatable bonds is 3. The van der Waals surface area contributed by atoms with Gasteiger partial charge in [-0.05, 0) is 60.5 Å². The first-order valence-electron chi connectivity index (χ1n) is 13.0. The molecule has 0 saturated heterocycles. The fraction of sp³-hybridized carbons (Fsp3) is 0.312. The Morgan fingerprint density at radius 2 is 1.34 bits per heavy atom. The minimum atomic E-state index is 0.966. The SMILES string of the molecule is CCN1CCc2ccccc2C1.CCNc1cccc2ccccc12.CN1CCc2ccccc21. The van der Waals surface area contributed by atoms with Crippen LogP contribution in [-0.4, -0.2) is 38.1 Å². The number of nitrogens with zero attached hydrogens (tertiary/aromatic N) is 2. The summed E-state index contributed by atoms with van der Waals surface area (Å²) in [5.74, 6) is 0. The van der Waals surface area contributed by atoms with E-state index in [0.29, 0.717) is 0 Å². The zero-order chi connectivity index (χ0) is 24.5. The van der Waals surface area contributed by atoms with Crippen molar-refractivity contribution in [3.8, 4) is 0 Å². The van der Waals surface area contributed by atoms with Gasteiger partial charge in [0.1, 0.15) is 0 Å². The largest absolute Gasteiger partial charge is 0.385 e. The summed E-state index contributed by atoms with van der Waals surface area (Å²) in [7, 11) is 2.14. The van der Waals surface area contributed by atoms with Gasteiger partial charge in [-0.3, -0.25) is 4.90 Å². The second-order valence-electron chi connectivity index (χ2n) is 9.24. The molecule has 2 aliphatic rings. The first kappa shape index (κ1) is 24.8. The van der Waals surface area contributed by atoms with Crippen molar-refractivity contribution >= 4 is 22.1 Å². The molecule has 182 valence electrons. The fourth-order valence-corrected chi connectivity index (χ4v) is 4.90. The van der Waals surface area contributed by atoms with Crippen molar-refractivity contribution in [2.45, 2.75) is 33.2 Å². The minimum Gasteiger partial charge on any atom is -0.385 e. The molecule has 0 spiro atoms. The van der Waals surface area contributed by atoms with Crippen LogP contribution >= 0.6 is 0 Å². The van der Waals surface area contributed by atoms with Gasteiger partial charge in [-0.2, -0.15) is 0 Å². The summed E-state index contributed by atoms with van der Waals surface area (Å²) in [6.45, 7) is 10.0. The van der Waals surface area contributed by atoms with E-state index in [9.17, 15) is 0 Å². The van der Waals surface area contributed by atoms with Crippen LogP contribution < -0.4 is 10.2 Å². The molecule has 0 aromatic heterocycles. The molecule has 0 unspecified atom stereocenters. The molecule has 0 amide bonds. The van der Waals surface area contributed by atoms with Gasteiger partial charge in [0.25, 0.3) is 0 Å². The number of fused-ring (bicyclic) bond motifs is 3. The van der Waals surface area contributed by atoms with Crippen LogP contribution in [0, 0.1) is 0 Å². The number of nitrogens with one attached hydrogen (secondary N) is 1. The lowest BCUT2D eigenvalue weighted by molar-refractivity contribution is 0.268. The number of anilines is 2. The van der Waals surface area contributed by atoms with Crippen molar-refractivity contribution in [3.05, 3.63) is 108 Å². The highest BCUT2D eigenvalue weighted by atomic mass is 15.1. The summed E-state index contributed by atoms with van der Waals surface area (Å²) in [5, 5.41) is 5.94. The van der Waals surface area contributed by atoms with Crippen molar-refractivity contribution in [2.75, 3.05) is 43.4 Å². The molecule has 3 nitrogen and oxygen atoms in total. The average molecular weight is 466 g/mol. The van der Waals surface area contributed by atoms with Crippen molar-refractivity contribution in [3.63, 3.8) is 0 Å². The van der Waals surface area contributed by atoms with Gasteiger partial charge in [0, 0.05) is 50.0 Å². The summed E-state index contributed by atoms with van der Waals surface area (Å²) in [4.78, 5) is 4.79. The topological polar surface area (TPSA) is 18.5 Å². The molecule has 2 heterocycles. The number of para-hydroxylation sites is 1. The van der Waals surface area contributed by atoms with E-state index in [-0.39, 0.29) is 0 Å². The monoisotopic (exact) mass is 465 g/mol. The van der Waals surface area contributed by atoms with Crippen molar-refractivity contribution in [1.29, 1.82) is 0 Å². The Kier molecular flexibility index (Phi) is 8.80. The van der Waals surface area contributed by atoms with Crippen LogP contribution in [-0.2, 0) is 19.4 Å². The van der Waals surface area contributed by atoms with Gasteiger partial charge in [0.15, 0.2) is 0 Å². The smallest absolute Gasteiger partial charge is 0.0419 e. The Balaban J connectivity index is 0.000000125. The first-order chi connectivity index (χ1) is 17.2. The van der Waals surface area contributed by atoms with Gasteiger partial charge in [0.05, 0.1) is 0 Å². The van der Waals surface area contributed by atoms with E-state index in [1.165, 1.54) is 65.8 Å². The molecule has 2 aliphatic heterocycles. The second-order valence-corrected chi connectivity index (χ2v) is 9.24. The van der Waals surface area contributed by atoms with Crippen LogP contribution in [0.15, 0.2) is 91.0 Å². The summed E-state index contributed by atoms with van der Waals surface area (Å²) >= 11 is 0. The third-order valence-electron chi connectivity index (χ3n) is 6.93. The first-order valence-corrected chi connectivity index (χ1v) is 13.0. The molecule has 0 aliphatic carbocycles. The molecule has 0 saturated carbocycles. The van der Waals surface area contributed by atoms with Crippen LogP contribution in [0.4, 0.5) is 11.4 Å². The number of likely N-dealkylation sites (N-methyl/N-ethyl adjacent to an activating group) is 2. The van der Waals surface area contributed by atoms with E-state index in [2.05, 4.69) is 127 Å². The Morgan fingerprint density at radius 3 is 2.11 bits per heavy atom. The van der Waals surface area contributed by atoms with Crippen LogP contribution in [0.1, 0.15) is 30.5 Å². The third kappa shape index (κ3) is 6.43. The Hall–Kier alpha value is -3.30. The van der Waals surface area contributed by atoms with Gasteiger partial charge < -0.3 is 10.2 Å². The summed E-state index contributed by atoms with van der Waals surface area (Å²) in [5.41, 5.74) is 7.18. The molecular formula is C32H39N3. The van der Waals surface area contributed by atoms with Crippen LogP contribution in [0.25, 0.3) is 10.8 Å². The van der Waals surface area contributed by atoms with Crippen LogP contribution in [0.3, 0.4) is 0 Å². The zero-order valence-electron chi connectivity index (χ0n) is 21.5. The number of hydrogen-bond acceptors (Lipinski definition) is 3. The summed E-state index contributed by atoms with van der Waals surface area (Å²) in [6, 6.07) is 32.1. The van der Waals surface area contributed by atoms with Crippen LogP contribution in [0.5, 0.6) is 0 Å². The Morgan fingerprint density at radius 1 is 0.686 bits per heavy atom. The van der Waals surface area contributed by atoms with Gasteiger partial charge in [-0.25, -0.2) is 0 Å². The molecule has 0 bridgehead atoms. The normalized spacial score (nSPS) is 14.2. The van der Waals surface area contributed by atoms with E-state index < -0.39 is 0 Å². The summed E-state index contributed by atoms with van der Waals surface area (Å²) in [6.07, 6.45) is 2.44. The second kappa shape index (κ2) is 12.4. The van der Waals surface area contributed by atoms with Crippen LogP contribution in [0.2, 0.25) is 0 Å². The maximum Gasteiger partial charge on any atom is 0.0419 e. The fourth-order valence-electron chi connectivity index (χ4n) is 4.90. The molecule has 4 aromatic rings. The molecule has 0 fully saturated rings. The number of hydrogen-bond donors (Lipinski definition) is 1. The quantitative estimate of drug-likeness (QED) is 0.351. The lowest BCUT2D eigenvalue weighted by atomic mass is 10.0. The predicted octanol–water partition coefficient (Wildman–Crippen LogP) is 7.02. The highest BCUT2D eigenvalue weighted by Gasteiger charge is 2.13. The van der Waals surface area contributed by atoms with E-state index in [4.69, 9.17) is 0 Å².